The molecule has 119 heavy (non-hydrogen) atoms. The summed E-state index contributed by atoms with van der Waals surface area (Å²) in [6.45, 7) is 0. The third-order valence-corrected chi connectivity index (χ3v) is 24.7. The fourth-order valence-electron chi connectivity index (χ4n) is 18.8. The summed E-state index contributed by atoms with van der Waals surface area (Å²) in [7, 11) is 0. The Labute approximate surface area is 717 Å². The largest absolute Gasteiger partial charge is 0.399 e. The molecule has 4 aliphatic carbocycles. The lowest BCUT2D eigenvalue weighted by molar-refractivity contribution is 0.768. The van der Waals surface area contributed by atoms with Crippen LogP contribution in [0, 0.1) is 0 Å². The normalized spacial score (nSPS) is 12.8. The van der Waals surface area contributed by atoms with Crippen LogP contribution in [0.15, 0.2) is 459 Å². The zero-order valence-electron chi connectivity index (χ0n) is 64.0. The van der Waals surface area contributed by atoms with E-state index < -0.39 is 5.41 Å². The van der Waals surface area contributed by atoms with Crippen molar-refractivity contribution in [2.45, 2.75) is 31.1 Å². The number of nitrogen functional groups attached to an aromatic ring is 1. The summed E-state index contributed by atoms with van der Waals surface area (Å²) in [5.74, 6) is 0. The second-order valence-electron chi connectivity index (χ2n) is 29.9. The standard InChI is InChI=1S/C43H30ClN.C31H23N.C25H17N.C12H8BrCl.2CH4/c44-34-25-27-37(31-15-5-1-6-16-31)42(29-34)45(35-21-11-4-12-22-35)36-26-28-41-39(30-36)38-23-13-14-24-40(38)43(41,32-17-7-2-8-18-32)33-19-9-3-10-20-33;1-4-12-23(13-5-1)31(24-14-6-2-7-15-24)29-19-11-10-18-27(29)28-22-26(20-21-30(28)31)32-25-16-8-3-9-17-25;26-16-13-14-20-19-9-3-6-12-23(19)25(24(20)15-16)21-10-4-1-7-17(21)18-8-2-5-11-22(18)25;13-12-8-10(14)6-7-11(12)9-4-2-1-3-5-9;;/h1-30H;1-22,32H;1-15H,26H2;1-8H;2*1H4. The van der Waals surface area contributed by atoms with E-state index in [1.165, 1.54) is 117 Å². The molecule has 6 heteroatoms. The highest BCUT2D eigenvalue weighted by molar-refractivity contribution is 9.10. The van der Waals surface area contributed by atoms with Gasteiger partial charge in [-0.05, 0) is 213 Å². The molecule has 18 aromatic rings. The molecule has 0 saturated carbocycles. The molecule has 0 atom stereocenters. The topological polar surface area (TPSA) is 41.3 Å². The van der Waals surface area contributed by atoms with Gasteiger partial charge in [-0.1, -0.05) is 424 Å². The Morgan fingerprint density at radius 1 is 0.235 bits per heavy atom. The molecule has 0 aliphatic heterocycles. The number of rotatable bonds is 11. The van der Waals surface area contributed by atoms with Gasteiger partial charge in [-0.2, -0.15) is 0 Å². The third-order valence-electron chi connectivity index (χ3n) is 23.6. The highest BCUT2D eigenvalue weighted by atomic mass is 79.9. The first-order valence-electron chi connectivity index (χ1n) is 39.6. The number of nitrogens with zero attached hydrogens (tertiary/aromatic N) is 1. The van der Waals surface area contributed by atoms with Crippen molar-refractivity contribution in [2.75, 3.05) is 16.0 Å². The van der Waals surface area contributed by atoms with Gasteiger partial charge in [0.25, 0.3) is 0 Å². The maximum Gasteiger partial charge on any atom is 0.0726 e. The molecule has 0 saturated heterocycles. The van der Waals surface area contributed by atoms with Crippen molar-refractivity contribution in [3.05, 3.63) is 536 Å². The van der Waals surface area contributed by atoms with E-state index in [0.29, 0.717) is 5.02 Å². The zero-order chi connectivity index (χ0) is 78.9. The van der Waals surface area contributed by atoms with E-state index in [0.717, 1.165) is 60.3 Å². The van der Waals surface area contributed by atoms with E-state index in [4.69, 9.17) is 28.9 Å². The maximum atomic E-state index is 6.73. The first-order valence-corrected chi connectivity index (χ1v) is 41.2. The molecule has 0 radical (unpaired) electrons. The van der Waals surface area contributed by atoms with Crippen molar-refractivity contribution in [1.82, 2.24) is 0 Å². The summed E-state index contributed by atoms with van der Waals surface area (Å²) in [5.41, 5.74) is 42.1. The van der Waals surface area contributed by atoms with Crippen molar-refractivity contribution >= 4 is 73.3 Å². The monoisotopic (exact) mass is 1630 g/mol. The van der Waals surface area contributed by atoms with Gasteiger partial charge < -0.3 is 16.0 Å². The number of hydrogen-bond acceptors (Lipinski definition) is 3. The van der Waals surface area contributed by atoms with Crippen LogP contribution in [0.3, 0.4) is 0 Å². The van der Waals surface area contributed by atoms with E-state index in [1.54, 1.807) is 0 Å². The summed E-state index contributed by atoms with van der Waals surface area (Å²) < 4.78 is 1.02. The maximum absolute atomic E-state index is 6.73. The van der Waals surface area contributed by atoms with Crippen LogP contribution in [0.4, 0.5) is 34.1 Å². The third kappa shape index (κ3) is 13.7. The fourth-order valence-corrected chi connectivity index (χ4v) is 19.9. The van der Waals surface area contributed by atoms with Crippen LogP contribution in [0.25, 0.3) is 66.8 Å². The molecule has 0 heterocycles. The van der Waals surface area contributed by atoms with Crippen LogP contribution in [0.1, 0.15) is 81.6 Å². The lowest BCUT2D eigenvalue weighted by Gasteiger charge is -2.34. The Hall–Kier alpha value is -13.6. The number of para-hydroxylation sites is 2. The average Bonchev–Trinajstić information content (AvgIpc) is 1.53. The van der Waals surface area contributed by atoms with Crippen LogP contribution in [-0.4, -0.2) is 0 Å². The molecular formula is C113H86BrCl2N3. The van der Waals surface area contributed by atoms with Gasteiger partial charge in [0.05, 0.1) is 21.9 Å². The molecule has 3 nitrogen and oxygen atoms in total. The summed E-state index contributed by atoms with van der Waals surface area (Å²) >= 11 is 16.1. The van der Waals surface area contributed by atoms with Crippen molar-refractivity contribution in [3.63, 3.8) is 0 Å². The van der Waals surface area contributed by atoms with E-state index in [-0.39, 0.29) is 25.7 Å². The molecular weight excluding hydrogens is 1550 g/mol. The highest BCUT2D eigenvalue weighted by Gasteiger charge is 2.52. The lowest BCUT2D eigenvalue weighted by atomic mass is 9.68. The van der Waals surface area contributed by atoms with Gasteiger partial charge in [0.15, 0.2) is 0 Å². The Morgan fingerprint density at radius 2 is 0.563 bits per heavy atom. The number of halogens is 3. The molecule has 1 spiro atoms. The van der Waals surface area contributed by atoms with Gasteiger partial charge in [0.1, 0.15) is 0 Å². The molecule has 0 unspecified atom stereocenters. The average molecular weight is 1640 g/mol. The minimum Gasteiger partial charge on any atom is -0.399 e. The van der Waals surface area contributed by atoms with E-state index in [9.17, 15) is 0 Å². The molecule has 0 fully saturated rings. The second kappa shape index (κ2) is 33.6. The first kappa shape index (κ1) is 78.0. The smallest absolute Gasteiger partial charge is 0.0726 e. The van der Waals surface area contributed by atoms with E-state index in [1.807, 2.05) is 54.6 Å². The van der Waals surface area contributed by atoms with Gasteiger partial charge in [0.2, 0.25) is 0 Å². The molecule has 0 amide bonds. The molecule has 22 rings (SSSR count). The highest BCUT2D eigenvalue weighted by Crippen LogP contribution is 2.64. The molecule has 4 aliphatic rings. The molecule has 0 bridgehead atoms. The van der Waals surface area contributed by atoms with Gasteiger partial charge in [-0.3, -0.25) is 0 Å². The predicted molar refractivity (Wildman–Crippen MR) is 508 cm³/mol. The van der Waals surface area contributed by atoms with Gasteiger partial charge in [-0.25, -0.2) is 0 Å². The Kier molecular flexibility index (Phi) is 22.0. The number of hydrogen-bond donors (Lipinski definition) is 2. The molecule has 0 aromatic heterocycles. The number of benzene rings is 18. The Balaban J connectivity index is 0.000000120. The van der Waals surface area contributed by atoms with Crippen molar-refractivity contribution in [1.29, 1.82) is 0 Å². The van der Waals surface area contributed by atoms with Crippen molar-refractivity contribution in [3.8, 4) is 66.8 Å². The Bertz CT molecular complexity index is 6500. The number of fused-ring (bicyclic) bond motifs is 16. The molecule has 574 valence electrons. The first-order chi connectivity index (χ1) is 57.7. The second-order valence-corrected chi connectivity index (χ2v) is 31.6. The van der Waals surface area contributed by atoms with Crippen LogP contribution in [0.5, 0.6) is 0 Å². The number of anilines is 6. The minimum atomic E-state index is -0.435. The minimum absolute atomic E-state index is 0. The quantitative estimate of drug-likeness (QED) is 0.127. The van der Waals surface area contributed by atoms with E-state index in [2.05, 4.69) is 427 Å². The summed E-state index contributed by atoms with van der Waals surface area (Å²) in [6, 6.07) is 162. The van der Waals surface area contributed by atoms with E-state index >= 15 is 0 Å². The molecule has 18 aromatic carbocycles. The predicted octanol–water partition coefficient (Wildman–Crippen LogP) is 31.3. The summed E-state index contributed by atoms with van der Waals surface area (Å²) in [4.78, 5) is 2.34. The van der Waals surface area contributed by atoms with Crippen LogP contribution >= 0.6 is 39.1 Å². The molecule has 3 N–H and O–H groups in total. The van der Waals surface area contributed by atoms with Gasteiger partial charge >= 0.3 is 0 Å². The number of nitrogens with one attached hydrogen (secondary N) is 1. The van der Waals surface area contributed by atoms with Crippen LogP contribution in [0.2, 0.25) is 10.0 Å². The van der Waals surface area contributed by atoms with Crippen LogP contribution < -0.4 is 16.0 Å². The van der Waals surface area contributed by atoms with Crippen LogP contribution in [-0.2, 0) is 16.2 Å². The summed E-state index contributed by atoms with van der Waals surface area (Å²) in [5, 5.41) is 5.02. The lowest BCUT2D eigenvalue weighted by Crippen LogP contribution is -2.28. The zero-order valence-corrected chi connectivity index (χ0v) is 67.1. The Morgan fingerprint density at radius 3 is 1.01 bits per heavy atom. The van der Waals surface area contributed by atoms with Crippen molar-refractivity contribution < 1.29 is 0 Å². The number of nitrogens with two attached hydrogens (primary N) is 1. The fraction of sp³-hybridized carbons (Fsp3) is 0.0442. The summed E-state index contributed by atoms with van der Waals surface area (Å²) in [6.07, 6.45) is 0. The van der Waals surface area contributed by atoms with Crippen molar-refractivity contribution in [2.24, 2.45) is 0 Å². The van der Waals surface area contributed by atoms with Gasteiger partial charge in [0, 0.05) is 48.5 Å². The van der Waals surface area contributed by atoms with Gasteiger partial charge in [-0.15, -0.1) is 0 Å². The SMILES string of the molecule is C.C.Clc1ccc(-c2ccccc2)c(Br)c1.Clc1ccc(-c2ccccc2)c(N(c2ccccc2)c2ccc3c(c2)-c2ccccc2C3(c2ccccc2)c2ccccc2)c1.Nc1ccc2c(c1)C1(c3ccccc3-c3ccccc31)c1ccccc1-2.c1ccc(Nc2ccc3c(c2)-c2ccccc2C3(c2ccccc2)c2ccccc2)cc1.